The van der Waals surface area contributed by atoms with Gasteiger partial charge in [-0.1, -0.05) is 19.8 Å². The van der Waals surface area contributed by atoms with Crippen LogP contribution in [0.25, 0.3) is 0 Å². The molecule has 0 rings (SSSR count). The Bertz CT molecular complexity index is 106. The van der Waals surface area contributed by atoms with E-state index in [0.29, 0.717) is 6.42 Å². The molecule has 11 heavy (non-hydrogen) atoms. The van der Waals surface area contributed by atoms with Gasteiger partial charge in [-0.2, -0.15) is 0 Å². The fourth-order valence-electron chi connectivity index (χ4n) is 0.743. The van der Waals surface area contributed by atoms with Gasteiger partial charge in [0, 0.05) is 0 Å². The molecule has 62 valence electrons. The maximum atomic E-state index is 10.3. The second kappa shape index (κ2) is 8.53. The topological polar surface area (TPSA) is 57.5 Å². The van der Waals surface area contributed by atoms with Gasteiger partial charge in [-0.15, -0.1) is 0 Å². The van der Waals surface area contributed by atoms with Crippen LogP contribution in [0.2, 0.25) is 0 Å². The van der Waals surface area contributed by atoms with Crippen LogP contribution in [0.1, 0.15) is 26.2 Å². The predicted octanol–water partition coefficient (Wildman–Crippen LogP) is 0.221. The molecule has 4 heteroatoms. The number of aliphatic hydroxyl groups excluding tert-OH is 1. The zero-order valence-corrected chi connectivity index (χ0v) is 6.21. The summed E-state index contributed by atoms with van der Waals surface area (Å²) in [5.74, 6) is -1.45. The summed E-state index contributed by atoms with van der Waals surface area (Å²) in [5.41, 5.74) is 0. The first-order valence-electron chi connectivity index (χ1n) is 3.56. The van der Waals surface area contributed by atoms with Crippen molar-refractivity contribution in [2.45, 2.75) is 26.2 Å². The van der Waals surface area contributed by atoms with Gasteiger partial charge in [-0.3, -0.25) is 4.79 Å². The normalized spacial score (nSPS) is 11.8. The second-order valence-corrected chi connectivity index (χ2v) is 2.36. The van der Waals surface area contributed by atoms with Crippen LogP contribution >= 0.6 is 0 Å². The van der Waals surface area contributed by atoms with Crippen molar-refractivity contribution in [3.05, 3.63) is 0 Å². The fourth-order valence-corrected chi connectivity index (χ4v) is 0.743. The summed E-state index contributed by atoms with van der Waals surface area (Å²) in [6.07, 6.45) is 2.43. The van der Waals surface area contributed by atoms with Crippen molar-refractivity contribution < 1.29 is 15.0 Å². The van der Waals surface area contributed by atoms with Gasteiger partial charge in [-0.25, -0.2) is 0 Å². The van der Waals surface area contributed by atoms with Gasteiger partial charge in [0.2, 0.25) is 0 Å². The van der Waals surface area contributed by atoms with Crippen molar-refractivity contribution in [3.63, 3.8) is 0 Å². The number of hydrogen-bond acceptors (Lipinski definition) is 2. The summed E-state index contributed by atoms with van der Waals surface area (Å²) in [7, 11) is 0. The van der Waals surface area contributed by atoms with Crippen molar-refractivity contribution >= 4 is 35.5 Å². The SMILES string of the molecule is CCCC[C@H](CO)C(=O)O.[NaH]. The second-order valence-electron chi connectivity index (χ2n) is 2.36. The van der Waals surface area contributed by atoms with Crippen molar-refractivity contribution in [2.24, 2.45) is 5.92 Å². The van der Waals surface area contributed by atoms with E-state index >= 15 is 0 Å². The molecule has 0 aliphatic rings. The van der Waals surface area contributed by atoms with Crippen LogP contribution in [-0.4, -0.2) is 52.3 Å². The minimum atomic E-state index is -0.893. The zero-order chi connectivity index (χ0) is 7.98. The van der Waals surface area contributed by atoms with Gasteiger partial charge in [0.1, 0.15) is 0 Å². The summed E-state index contributed by atoms with van der Waals surface area (Å²) in [5, 5.41) is 17.0. The van der Waals surface area contributed by atoms with Gasteiger partial charge >= 0.3 is 35.5 Å². The fraction of sp³-hybridized carbons (Fsp3) is 0.857. The van der Waals surface area contributed by atoms with Crippen LogP contribution < -0.4 is 0 Å². The molecule has 3 nitrogen and oxygen atoms in total. The van der Waals surface area contributed by atoms with Crippen LogP contribution in [-0.2, 0) is 4.79 Å². The monoisotopic (exact) mass is 170 g/mol. The molecule has 0 aromatic rings. The molecular formula is C7H15NaO3. The van der Waals surface area contributed by atoms with E-state index in [9.17, 15) is 4.79 Å². The van der Waals surface area contributed by atoms with Crippen molar-refractivity contribution in [1.82, 2.24) is 0 Å². The van der Waals surface area contributed by atoms with E-state index in [2.05, 4.69) is 0 Å². The first-order chi connectivity index (χ1) is 4.72. The van der Waals surface area contributed by atoms with E-state index < -0.39 is 11.9 Å². The van der Waals surface area contributed by atoms with Crippen molar-refractivity contribution in [1.29, 1.82) is 0 Å². The molecule has 0 amide bonds. The molecule has 0 fully saturated rings. The van der Waals surface area contributed by atoms with E-state index in [0.717, 1.165) is 12.8 Å². The number of hydrogen-bond donors (Lipinski definition) is 2. The average Bonchev–Trinajstić information content (AvgIpc) is 1.89. The van der Waals surface area contributed by atoms with Gasteiger partial charge in [0.15, 0.2) is 0 Å². The van der Waals surface area contributed by atoms with E-state index in [-0.39, 0.29) is 36.2 Å². The first-order valence-corrected chi connectivity index (χ1v) is 3.56. The third-order valence-electron chi connectivity index (χ3n) is 1.48. The third-order valence-corrected chi connectivity index (χ3v) is 1.48. The average molecular weight is 170 g/mol. The van der Waals surface area contributed by atoms with Crippen molar-refractivity contribution in [3.8, 4) is 0 Å². The molecule has 0 saturated heterocycles. The number of carboxylic acids is 1. The standard InChI is InChI=1S/C7H14O3.Na.H/c1-2-3-4-6(5-8)7(9)10;;/h6,8H,2-5H2,1H3,(H,9,10);;/t6-;;/m1../s1. The van der Waals surface area contributed by atoms with Gasteiger partial charge in [-0.05, 0) is 6.42 Å². The molecule has 0 heterocycles. The van der Waals surface area contributed by atoms with Crippen LogP contribution in [0.4, 0.5) is 0 Å². The molecular weight excluding hydrogens is 155 g/mol. The summed E-state index contributed by atoms with van der Waals surface area (Å²) >= 11 is 0. The number of aliphatic carboxylic acids is 1. The molecule has 0 aromatic heterocycles. The molecule has 0 aliphatic carbocycles. The Morgan fingerprint density at radius 3 is 2.36 bits per heavy atom. The molecule has 0 spiro atoms. The van der Waals surface area contributed by atoms with Crippen molar-refractivity contribution in [2.75, 3.05) is 6.61 Å². The summed E-state index contributed by atoms with van der Waals surface area (Å²) in [4.78, 5) is 10.3. The quantitative estimate of drug-likeness (QED) is 0.580. The Hall–Kier alpha value is 0.430. The Morgan fingerprint density at radius 1 is 1.55 bits per heavy atom. The number of carboxylic acid groups (broad SMARTS) is 1. The van der Waals surface area contributed by atoms with E-state index in [4.69, 9.17) is 10.2 Å². The molecule has 0 radical (unpaired) electrons. The van der Waals surface area contributed by atoms with E-state index in [1.807, 2.05) is 6.92 Å². The number of unbranched alkanes of at least 4 members (excludes halogenated alkanes) is 1. The summed E-state index contributed by atoms with van der Waals surface area (Å²) in [6.45, 7) is 1.76. The Labute approximate surface area is 89.1 Å². The molecule has 2 N–H and O–H groups in total. The van der Waals surface area contributed by atoms with Crippen LogP contribution in [0.15, 0.2) is 0 Å². The number of aliphatic hydroxyl groups is 1. The Kier molecular flexibility index (Phi) is 10.8. The predicted molar refractivity (Wildman–Crippen MR) is 44.9 cm³/mol. The molecule has 0 saturated carbocycles. The third kappa shape index (κ3) is 6.81. The van der Waals surface area contributed by atoms with E-state index in [1.165, 1.54) is 0 Å². The minimum absolute atomic E-state index is 0. The molecule has 1 atom stereocenters. The maximum absolute atomic E-state index is 10.3. The molecule has 0 bridgehead atoms. The van der Waals surface area contributed by atoms with Crippen LogP contribution in [0, 0.1) is 5.92 Å². The van der Waals surface area contributed by atoms with E-state index in [1.54, 1.807) is 0 Å². The number of carbonyl (C=O) groups is 1. The Balaban J connectivity index is 0. The number of rotatable bonds is 5. The summed E-state index contributed by atoms with van der Waals surface area (Å²) < 4.78 is 0. The van der Waals surface area contributed by atoms with Crippen LogP contribution in [0.5, 0.6) is 0 Å². The molecule has 0 aromatic carbocycles. The van der Waals surface area contributed by atoms with Gasteiger partial charge < -0.3 is 10.2 Å². The molecule has 0 unspecified atom stereocenters. The Morgan fingerprint density at radius 2 is 2.09 bits per heavy atom. The zero-order valence-electron chi connectivity index (χ0n) is 6.21. The van der Waals surface area contributed by atoms with Gasteiger partial charge in [0.05, 0.1) is 12.5 Å². The van der Waals surface area contributed by atoms with Gasteiger partial charge in [0.25, 0.3) is 0 Å². The first kappa shape index (κ1) is 14.0. The summed E-state index contributed by atoms with van der Waals surface area (Å²) in [6, 6.07) is 0. The molecule has 0 aliphatic heterocycles. The van der Waals surface area contributed by atoms with Crippen LogP contribution in [0.3, 0.4) is 0 Å².